The number of fused-ring (bicyclic) bond motifs is 1. The molecule has 3 rings (SSSR count). The third-order valence-corrected chi connectivity index (χ3v) is 4.69. The van der Waals surface area contributed by atoms with Crippen molar-refractivity contribution in [3.05, 3.63) is 42.5 Å². The molecule has 0 aliphatic carbocycles. The van der Waals surface area contributed by atoms with Gasteiger partial charge in [0.05, 0.1) is 0 Å². The Hall–Kier alpha value is -2.89. The van der Waals surface area contributed by atoms with Crippen molar-refractivity contribution in [3.8, 4) is 0 Å². The number of ether oxygens (including phenoxy) is 1. The van der Waals surface area contributed by atoms with Crippen LogP contribution in [0.25, 0.3) is 10.8 Å². The number of anilines is 1. The average Bonchev–Trinajstić information content (AvgIpc) is 2.86. The van der Waals surface area contributed by atoms with Crippen molar-refractivity contribution in [2.45, 2.75) is 38.7 Å². The number of esters is 1. The van der Waals surface area contributed by atoms with Crippen LogP contribution in [0.15, 0.2) is 42.5 Å². The van der Waals surface area contributed by atoms with Gasteiger partial charge in [0.2, 0.25) is 5.91 Å². The lowest BCUT2D eigenvalue weighted by atomic mass is 10.1. The number of likely N-dealkylation sites (tertiary alicyclic amines) is 1. The number of hydrogen-bond acceptors (Lipinski definition) is 4. The molecule has 1 atom stereocenters. The van der Waals surface area contributed by atoms with Crippen LogP contribution < -0.4 is 5.32 Å². The van der Waals surface area contributed by atoms with E-state index in [9.17, 15) is 14.4 Å². The van der Waals surface area contributed by atoms with Gasteiger partial charge in [-0.05, 0) is 42.7 Å². The first kappa shape index (κ1) is 18.9. The predicted molar refractivity (Wildman–Crippen MR) is 103 cm³/mol. The summed E-state index contributed by atoms with van der Waals surface area (Å²) in [6.07, 6.45) is 2.25. The maximum Gasteiger partial charge on any atom is 0.326 e. The minimum Gasteiger partial charge on any atom is -0.451 e. The van der Waals surface area contributed by atoms with Gasteiger partial charge in [0.25, 0.3) is 5.91 Å². The first-order chi connectivity index (χ1) is 13.0. The third-order valence-electron chi connectivity index (χ3n) is 4.69. The fourth-order valence-electron chi connectivity index (χ4n) is 3.16. The van der Waals surface area contributed by atoms with E-state index in [4.69, 9.17) is 4.74 Å². The molecule has 0 aromatic heterocycles. The van der Waals surface area contributed by atoms with Crippen LogP contribution in [0.5, 0.6) is 0 Å². The van der Waals surface area contributed by atoms with Crippen molar-refractivity contribution >= 4 is 34.2 Å². The Kier molecular flexibility index (Phi) is 6.06. The molecular formula is C21H24N2O4. The van der Waals surface area contributed by atoms with Gasteiger partial charge in [-0.2, -0.15) is 0 Å². The molecule has 1 heterocycles. The standard InChI is InChI=1S/C21H24N2O4/c1-15(27-20(25)14-23-12-6-2-3-9-19(23)24)21(26)22-18-11-10-16-7-4-5-8-17(16)13-18/h4-5,7-8,10-11,13,15H,2-3,6,9,12,14H2,1H3,(H,22,26)/t15-/m0/s1. The fraction of sp³-hybridized carbons (Fsp3) is 0.381. The molecule has 0 spiro atoms. The van der Waals surface area contributed by atoms with Crippen LogP contribution in [0.3, 0.4) is 0 Å². The maximum atomic E-state index is 12.3. The lowest BCUT2D eigenvalue weighted by Gasteiger charge is -2.20. The zero-order valence-corrected chi connectivity index (χ0v) is 15.4. The molecule has 2 aromatic carbocycles. The second kappa shape index (κ2) is 8.66. The Morgan fingerprint density at radius 1 is 1.11 bits per heavy atom. The summed E-state index contributed by atoms with van der Waals surface area (Å²) >= 11 is 0. The lowest BCUT2D eigenvalue weighted by Crippen LogP contribution is -2.38. The van der Waals surface area contributed by atoms with Crippen molar-refractivity contribution in [2.75, 3.05) is 18.4 Å². The molecule has 1 fully saturated rings. The summed E-state index contributed by atoms with van der Waals surface area (Å²) in [5, 5.41) is 4.86. The fourth-order valence-corrected chi connectivity index (χ4v) is 3.16. The minimum absolute atomic E-state index is 0.0299. The van der Waals surface area contributed by atoms with Gasteiger partial charge in [0.1, 0.15) is 6.54 Å². The highest BCUT2D eigenvalue weighted by molar-refractivity contribution is 5.97. The number of hydrogen-bond donors (Lipinski definition) is 1. The molecule has 1 aliphatic rings. The first-order valence-electron chi connectivity index (χ1n) is 9.30. The van der Waals surface area contributed by atoms with Crippen LogP contribution in [0, 0.1) is 0 Å². The van der Waals surface area contributed by atoms with Crippen molar-refractivity contribution in [1.29, 1.82) is 0 Å². The normalized spacial score (nSPS) is 15.9. The minimum atomic E-state index is -0.939. The zero-order chi connectivity index (χ0) is 19.2. The van der Waals surface area contributed by atoms with Crippen LogP contribution in [0.1, 0.15) is 32.6 Å². The number of rotatable bonds is 5. The van der Waals surface area contributed by atoms with Crippen molar-refractivity contribution in [2.24, 2.45) is 0 Å². The summed E-state index contributed by atoms with van der Waals surface area (Å²) in [4.78, 5) is 37.9. The van der Waals surface area contributed by atoms with Gasteiger partial charge >= 0.3 is 5.97 Å². The molecule has 0 bridgehead atoms. The summed E-state index contributed by atoms with van der Waals surface area (Å²) in [5.74, 6) is -0.995. The molecule has 2 aromatic rings. The number of carbonyl (C=O) groups excluding carboxylic acids is 3. The number of nitrogens with one attached hydrogen (secondary N) is 1. The highest BCUT2D eigenvalue weighted by Crippen LogP contribution is 2.19. The Labute approximate surface area is 158 Å². The lowest BCUT2D eigenvalue weighted by molar-refractivity contribution is -0.156. The SMILES string of the molecule is C[C@H](OC(=O)CN1CCCCCC1=O)C(=O)Nc1ccc2ccccc2c1. The average molecular weight is 368 g/mol. The summed E-state index contributed by atoms with van der Waals surface area (Å²) in [6.45, 7) is 1.98. The number of benzene rings is 2. The van der Waals surface area contributed by atoms with Gasteiger partial charge < -0.3 is 15.0 Å². The monoisotopic (exact) mass is 368 g/mol. The molecule has 1 saturated heterocycles. The maximum absolute atomic E-state index is 12.3. The molecule has 142 valence electrons. The zero-order valence-electron chi connectivity index (χ0n) is 15.4. The van der Waals surface area contributed by atoms with E-state index < -0.39 is 18.0 Å². The van der Waals surface area contributed by atoms with E-state index >= 15 is 0 Å². The van der Waals surface area contributed by atoms with Gasteiger partial charge in [0.15, 0.2) is 6.10 Å². The number of amides is 2. The van der Waals surface area contributed by atoms with Crippen LogP contribution >= 0.6 is 0 Å². The molecule has 2 amide bonds. The molecule has 0 unspecified atom stereocenters. The van der Waals surface area contributed by atoms with Crippen molar-refractivity contribution in [1.82, 2.24) is 4.90 Å². The van der Waals surface area contributed by atoms with E-state index in [-0.39, 0.29) is 12.5 Å². The van der Waals surface area contributed by atoms with Crippen LogP contribution in [0.2, 0.25) is 0 Å². The third kappa shape index (κ3) is 5.06. The van der Waals surface area contributed by atoms with Gasteiger partial charge in [-0.3, -0.25) is 14.4 Å². The van der Waals surface area contributed by atoms with E-state index in [0.717, 1.165) is 30.0 Å². The molecule has 6 nitrogen and oxygen atoms in total. The number of nitrogens with zero attached hydrogens (tertiary/aromatic N) is 1. The summed E-state index contributed by atoms with van der Waals surface area (Å²) in [7, 11) is 0. The highest BCUT2D eigenvalue weighted by atomic mass is 16.5. The smallest absolute Gasteiger partial charge is 0.326 e. The van der Waals surface area contributed by atoms with Crippen LogP contribution in [-0.2, 0) is 19.1 Å². The summed E-state index contributed by atoms with van der Waals surface area (Å²) < 4.78 is 5.22. The van der Waals surface area contributed by atoms with E-state index in [1.54, 1.807) is 0 Å². The molecule has 1 N–H and O–H groups in total. The predicted octanol–water partition coefficient (Wildman–Crippen LogP) is 3.11. The Balaban J connectivity index is 1.54. The van der Waals surface area contributed by atoms with Crippen molar-refractivity contribution < 1.29 is 19.1 Å². The molecule has 0 radical (unpaired) electrons. The second-order valence-electron chi connectivity index (χ2n) is 6.81. The number of carbonyl (C=O) groups is 3. The van der Waals surface area contributed by atoms with Crippen molar-refractivity contribution in [3.63, 3.8) is 0 Å². The summed E-state index contributed by atoms with van der Waals surface area (Å²) in [5.41, 5.74) is 0.643. The molecule has 0 saturated carbocycles. The van der Waals surface area contributed by atoms with E-state index in [1.165, 1.54) is 11.8 Å². The Morgan fingerprint density at radius 2 is 1.89 bits per heavy atom. The molecular weight excluding hydrogens is 344 g/mol. The first-order valence-corrected chi connectivity index (χ1v) is 9.30. The molecule has 27 heavy (non-hydrogen) atoms. The van der Waals surface area contributed by atoms with Gasteiger partial charge in [-0.15, -0.1) is 0 Å². The quantitative estimate of drug-likeness (QED) is 0.823. The Morgan fingerprint density at radius 3 is 2.70 bits per heavy atom. The largest absolute Gasteiger partial charge is 0.451 e. The van der Waals surface area contributed by atoms with E-state index in [1.807, 2.05) is 42.5 Å². The molecule has 1 aliphatic heterocycles. The second-order valence-corrected chi connectivity index (χ2v) is 6.81. The van der Waals surface area contributed by atoms with E-state index in [0.29, 0.717) is 18.7 Å². The highest BCUT2D eigenvalue weighted by Gasteiger charge is 2.23. The van der Waals surface area contributed by atoms with Crippen LogP contribution in [-0.4, -0.2) is 41.9 Å². The van der Waals surface area contributed by atoms with Crippen LogP contribution in [0.4, 0.5) is 5.69 Å². The van der Waals surface area contributed by atoms with Gasteiger partial charge in [-0.25, -0.2) is 0 Å². The Bertz CT molecular complexity index is 849. The van der Waals surface area contributed by atoms with Gasteiger partial charge in [0, 0.05) is 18.7 Å². The van der Waals surface area contributed by atoms with Gasteiger partial charge in [-0.1, -0.05) is 36.8 Å². The summed E-state index contributed by atoms with van der Waals surface area (Å²) in [6, 6.07) is 13.5. The molecule has 6 heteroatoms. The van der Waals surface area contributed by atoms with E-state index in [2.05, 4.69) is 5.32 Å². The topological polar surface area (TPSA) is 75.7 Å².